The molecule has 6 aromatic rings. The second-order valence-electron chi connectivity index (χ2n) is 14.4. The van der Waals surface area contributed by atoms with Crippen molar-refractivity contribution < 1.29 is 153 Å². The molecule has 6 aromatic carbocycles. The Hall–Kier alpha value is 0.489. The third-order valence-electron chi connectivity index (χ3n) is 9.11. The van der Waals surface area contributed by atoms with Crippen LogP contribution in [-0.4, -0.2) is 0 Å². The van der Waals surface area contributed by atoms with Crippen LogP contribution in [0.5, 0.6) is 0 Å². The number of rotatable bonds is 10. The SMILES string of the molecule is CCCCc1cc[c-](C)c1.CCCCc1cc[c-](C)c1.CCc1cc[c-](CC)c1.CCc1cc[c-](CC)c1.Cc1cc[c-](C)c1.Cc1cc[c-](C)c1.[Cl-].[Cl-].[Cl-].[Cl-].[Cl-].[Cl-].[Zr+4].[Zr+4].[Zr+4]. The first-order chi connectivity index (χ1) is 25.0. The first-order valence-corrected chi connectivity index (χ1v) is 20.3. The van der Waals surface area contributed by atoms with Crippen molar-refractivity contribution in [1.82, 2.24) is 0 Å². The van der Waals surface area contributed by atoms with E-state index in [1.807, 2.05) is 0 Å². The van der Waals surface area contributed by atoms with Crippen molar-refractivity contribution in [1.29, 1.82) is 0 Å². The Morgan fingerprint density at radius 2 is 0.639 bits per heavy atom. The topological polar surface area (TPSA) is 0 Å². The number of hydrogen-bond acceptors (Lipinski definition) is 0. The smallest absolute Gasteiger partial charge is 1.00 e. The van der Waals surface area contributed by atoms with Crippen LogP contribution in [-0.2, 0) is 117 Å². The Kier molecular flexibility index (Phi) is 68.9. The maximum absolute atomic E-state index is 2.28. The summed E-state index contributed by atoms with van der Waals surface area (Å²) in [7, 11) is 0. The zero-order chi connectivity index (χ0) is 38.7. The Balaban J connectivity index is -0.0000000741. The molecule has 0 aliphatic carbocycles. The Morgan fingerprint density at radius 1 is 0.361 bits per heavy atom. The predicted octanol–water partition coefficient (Wildman–Crippen LogP) is -2.77. The molecule has 0 heterocycles. The second kappa shape index (κ2) is 51.5. The van der Waals surface area contributed by atoms with Gasteiger partial charge in [-0.05, 0) is 0 Å². The standard InChI is InChI=1S/2C10H15.2C9H13.2C7H9.6ClH.3Zr/c2*1-3-4-5-10-7-6-9(2)8-10;2*1-3-8-5-6-9(4-2)7-8;2*1-6-3-4-7(2)5-6;;;;;;;;;/h2*6-8H,3-5H2,1-2H3;2*5-7H,3-4H2,1-2H3;2*3-5H,1-2H3;6*1H;;;/q6*-1;;;;;;;3*+4/p-6. The average Bonchev–Trinajstić information content (AvgIpc) is 4.00. The molecule has 0 unspecified atom stereocenters. The number of halogens is 6. The molecule has 0 aromatic heterocycles. The van der Waals surface area contributed by atoms with E-state index in [-0.39, 0.29) is 153 Å². The van der Waals surface area contributed by atoms with E-state index in [0.29, 0.717) is 0 Å². The number of unbranched alkanes of at least 4 members (excludes halogenated alkanes) is 2. The molecule has 0 saturated carbocycles. The summed E-state index contributed by atoms with van der Waals surface area (Å²) in [6.45, 7) is 25.9. The van der Waals surface area contributed by atoms with E-state index in [2.05, 4.69) is 192 Å². The summed E-state index contributed by atoms with van der Waals surface area (Å²) in [5.41, 5.74) is 17.1. The molecule has 0 spiro atoms. The molecule has 0 N–H and O–H groups in total. The summed E-state index contributed by atoms with van der Waals surface area (Å²) in [6, 6.07) is 39.6. The molecule has 0 atom stereocenters. The Labute approximate surface area is 470 Å². The van der Waals surface area contributed by atoms with Crippen molar-refractivity contribution in [3.63, 3.8) is 0 Å². The summed E-state index contributed by atoms with van der Waals surface area (Å²) < 4.78 is 0. The third kappa shape index (κ3) is 41.6. The molecule has 0 amide bonds. The molecule has 0 fully saturated rings. The molecular weight excluding hydrogens is 1110 g/mol. The van der Waals surface area contributed by atoms with Crippen LogP contribution in [0.15, 0.2) is 109 Å². The quantitative estimate of drug-likeness (QED) is 0.131. The monoisotopic (exact) mass is 1180 g/mol. The maximum atomic E-state index is 2.28. The van der Waals surface area contributed by atoms with Crippen LogP contribution in [0.4, 0.5) is 0 Å². The predicted molar refractivity (Wildman–Crippen MR) is 235 cm³/mol. The van der Waals surface area contributed by atoms with Crippen LogP contribution < -0.4 is 74.4 Å². The second-order valence-corrected chi connectivity index (χ2v) is 14.4. The maximum Gasteiger partial charge on any atom is 4.00 e. The fourth-order valence-corrected chi connectivity index (χ4v) is 5.74. The van der Waals surface area contributed by atoms with Gasteiger partial charge in [-0.2, -0.15) is 128 Å². The van der Waals surface area contributed by atoms with Crippen LogP contribution in [0.3, 0.4) is 0 Å². The van der Waals surface area contributed by atoms with Gasteiger partial charge in [0.15, 0.2) is 0 Å². The van der Waals surface area contributed by atoms with Gasteiger partial charge in [0.2, 0.25) is 0 Å². The number of hydrogen-bond donors (Lipinski definition) is 0. The minimum atomic E-state index is 0. The van der Waals surface area contributed by atoms with Crippen molar-refractivity contribution in [3.8, 4) is 0 Å². The fourth-order valence-electron chi connectivity index (χ4n) is 5.74. The molecule has 0 radical (unpaired) electrons. The van der Waals surface area contributed by atoms with Gasteiger partial charge in [-0.15, -0.1) is 0 Å². The van der Waals surface area contributed by atoms with Gasteiger partial charge in [0, 0.05) is 0 Å². The molecule has 9 heteroatoms. The van der Waals surface area contributed by atoms with Gasteiger partial charge in [0.1, 0.15) is 0 Å². The van der Waals surface area contributed by atoms with Crippen molar-refractivity contribution in [2.24, 2.45) is 0 Å². The molecule has 0 bridgehead atoms. The van der Waals surface area contributed by atoms with Crippen LogP contribution in [0.2, 0.25) is 0 Å². The van der Waals surface area contributed by atoms with E-state index in [1.165, 1.54) is 131 Å². The van der Waals surface area contributed by atoms with Gasteiger partial charge in [-0.3, -0.25) is 0 Å². The van der Waals surface area contributed by atoms with Gasteiger partial charge >= 0.3 is 78.6 Å². The van der Waals surface area contributed by atoms with E-state index in [9.17, 15) is 0 Å². The number of aryl methyl sites for hydroxylation is 12. The van der Waals surface area contributed by atoms with Crippen molar-refractivity contribution in [3.05, 3.63) is 176 Å². The Morgan fingerprint density at radius 3 is 0.787 bits per heavy atom. The average molecular weight is 1190 g/mol. The molecule has 0 saturated heterocycles. The van der Waals surface area contributed by atoms with Crippen LogP contribution in [0, 0.1) is 41.5 Å². The first kappa shape index (κ1) is 81.7. The molecule has 6 rings (SSSR count). The van der Waals surface area contributed by atoms with Gasteiger partial charge < -0.3 is 74.4 Å². The van der Waals surface area contributed by atoms with Gasteiger partial charge in [0.25, 0.3) is 0 Å². The van der Waals surface area contributed by atoms with Crippen LogP contribution in [0.25, 0.3) is 0 Å². The third-order valence-corrected chi connectivity index (χ3v) is 9.11. The molecular formula is C52H74Cl6Zr3. The molecule has 0 aliphatic heterocycles. The largest absolute Gasteiger partial charge is 4.00 e. The fraction of sp³-hybridized carbons (Fsp3) is 0.423. The zero-order valence-corrected chi connectivity index (χ0v) is 51.1. The zero-order valence-electron chi connectivity index (χ0n) is 39.2. The summed E-state index contributed by atoms with van der Waals surface area (Å²) >= 11 is 0. The van der Waals surface area contributed by atoms with E-state index in [0.717, 1.165) is 0 Å². The summed E-state index contributed by atoms with van der Waals surface area (Å²) in [4.78, 5) is 0. The normalized spacial score (nSPS) is 8.46. The Bertz CT molecular complexity index is 1500. The van der Waals surface area contributed by atoms with E-state index in [1.54, 1.807) is 0 Å². The molecule has 336 valence electrons. The van der Waals surface area contributed by atoms with Gasteiger partial charge in [-0.1, -0.05) is 147 Å². The van der Waals surface area contributed by atoms with Crippen LogP contribution >= 0.6 is 0 Å². The van der Waals surface area contributed by atoms with Gasteiger partial charge in [-0.25, -0.2) is 47.5 Å². The van der Waals surface area contributed by atoms with E-state index < -0.39 is 0 Å². The summed E-state index contributed by atoms with van der Waals surface area (Å²) in [5, 5.41) is 0. The van der Waals surface area contributed by atoms with Crippen molar-refractivity contribution in [2.45, 2.75) is 147 Å². The first-order valence-electron chi connectivity index (χ1n) is 20.3. The van der Waals surface area contributed by atoms with Crippen LogP contribution in [0.1, 0.15) is 134 Å². The summed E-state index contributed by atoms with van der Waals surface area (Å²) in [5.74, 6) is 0. The molecule has 0 nitrogen and oxygen atoms in total. The van der Waals surface area contributed by atoms with Crippen molar-refractivity contribution in [2.75, 3.05) is 0 Å². The summed E-state index contributed by atoms with van der Waals surface area (Å²) in [6.07, 6.45) is 12.4. The van der Waals surface area contributed by atoms with Gasteiger partial charge in [0.05, 0.1) is 0 Å². The minimum absolute atomic E-state index is 0. The minimum Gasteiger partial charge on any atom is -1.00 e. The van der Waals surface area contributed by atoms with E-state index in [4.69, 9.17) is 0 Å². The van der Waals surface area contributed by atoms with Crippen molar-refractivity contribution >= 4 is 0 Å². The molecule has 0 aliphatic rings. The molecule has 61 heavy (non-hydrogen) atoms. The van der Waals surface area contributed by atoms with E-state index >= 15 is 0 Å².